The van der Waals surface area contributed by atoms with E-state index in [9.17, 15) is 4.79 Å². The average Bonchev–Trinajstić information content (AvgIpc) is 2.63. The summed E-state index contributed by atoms with van der Waals surface area (Å²) in [4.78, 5) is 14.9. The standard InChI is InChI=1S/C19H21BrN2O2/c20-17-8-6-16(7-9-17)19(23)21-18(15-4-2-1-3-5-15)14-22-10-12-24-13-11-22/h1-9,18H,10-14H2,(H,21,23). The molecular weight excluding hydrogens is 368 g/mol. The molecule has 1 saturated heterocycles. The van der Waals surface area contributed by atoms with Gasteiger partial charge in [0.25, 0.3) is 5.91 Å². The van der Waals surface area contributed by atoms with E-state index < -0.39 is 0 Å². The number of carbonyl (C=O) groups excluding carboxylic acids is 1. The highest BCUT2D eigenvalue weighted by molar-refractivity contribution is 9.10. The maximum atomic E-state index is 12.6. The van der Waals surface area contributed by atoms with Crippen LogP contribution in [0.4, 0.5) is 0 Å². The number of hydrogen-bond acceptors (Lipinski definition) is 3. The van der Waals surface area contributed by atoms with Crippen LogP contribution in [0, 0.1) is 0 Å². The lowest BCUT2D eigenvalue weighted by Gasteiger charge is -2.31. The van der Waals surface area contributed by atoms with Crippen LogP contribution >= 0.6 is 15.9 Å². The molecule has 126 valence electrons. The summed E-state index contributed by atoms with van der Waals surface area (Å²) in [6, 6.07) is 17.5. The lowest BCUT2D eigenvalue weighted by molar-refractivity contribution is 0.0332. The van der Waals surface area contributed by atoms with E-state index in [1.807, 2.05) is 42.5 Å². The molecule has 1 aliphatic heterocycles. The van der Waals surface area contributed by atoms with Crippen LogP contribution in [-0.4, -0.2) is 43.7 Å². The van der Waals surface area contributed by atoms with Gasteiger partial charge in [-0.1, -0.05) is 46.3 Å². The highest BCUT2D eigenvalue weighted by atomic mass is 79.9. The zero-order valence-electron chi connectivity index (χ0n) is 13.5. The molecule has 0 saturated carbocycles. The Kier molecular flexibility index (Phi) is 6.01. The predicted octanol–water partition coefficient (Wildman–Crippen LogP) is 3.25. The molecule has 1 atom stereocenters. The van der Waals surface area contributed by atoms with Gasteiger partial charge in [0, 0.05) is 29.7 Å². The first kappa shape index (κ1) is 17.1. The Bertz CT molecular complexity index is 655. The maximum absolute atomic E-state index is 12.6. The highest BCUT2D eigenvalue weighted by Crippen LogP contribution is 2.17. The number of carbonyl (C=O) groups is 1. The summed E-state index contributed by atoms with van der Waals surface area (Å²) in [5.74, 6) is -0.0513. The third kappa shape index (κ3) is 4.66. The molecule has 0 aliphatic carbocycles. The summed E-state index contributed by atoms with van der Waals surface area (Å²) in [6.45, 7) is 4.09. The van der Waals surface area contributed by atoms with Gasteiger partial charge in [-0.25, -0.2) is 0 Å². The van der Waals surface area contributed by atoms with Crippen LogP contribution in [0.5, 0.6) is 0 Å². The Balaban J connectivity index is 1.73. The van der Waals surface area contributed by atoms with Crippen molar-refractivity contribution in [1.29, 1.82) is 0 Å². The van der Waals surface area contributed by atoms with Crippen molar-refractivity contribution in [3.8, 4) is 0 Å². The molecule has 1 amide bonds. The largest absolute Gasteiger partial charge is 0.379 e. The summed E-state index contributed by atoms with van der Waals surface area (Å²) in [5, 5.41) is 3.18. The minimum Gasteiger partial charge on any atom is -0.379 e. The van der Waals surface area contributed by atoms with E-state index >= 15 is 0 Å². The second-order valence-corrected chi connectivity index (χ2v) is 6.77. The second-order valence-electron chi connectivity index (χ2n) is 5.86. The van der Waals surface area contributed by atoms with Crippen molar-refractivity contribution in [2.24, 2.45) is 0 Å². The van der Waals surface area contributed by atoms with Gasteiger partial charge in [0.1, 0.15) is 0 Å². The number of amides is 1. The Hall–Kier alpha value is -1.69. The molecule has 1 fully saturated rings. The van der Waals surface area contributed by atoms with Gasteiger partial charge in [-0.15, -0.1) is 0 Å². The van der Waals surface area contributed by atoms with Crippen molar-refractivity contribution in [1.82, 2.24) is 10.2 Å². The average molecular weight is 389 g/mol. The van der Waals surface area contributed by atoms with E-state index in [2.05, 4.69) is 38.3 Å². The van der Waals surface area contributed by atoms with Crippen LogP contribution in [0.1, 0.15) is 22.0 Å². The normalized spacial score (nSPS) is 16.5. The van der Waals surface area contributed by atoms with Gasteiger partial charge in [0.05, 0.1) is 19.3 Å². The molecule has 2 aromatic rings. The Morgan fingerprint density at radius 3 is 2.42 bits per heavy atom. The van der Waals surface area contributed by atoms with E-state index in [4.69, 9.17) is 4.74 Å². The minimum atomic E-state index is -0.0513. The van der Waals surface area contributed by atoms with Gasteiger partial charge in [0.15, 0.2) is 0 Å². The number of benzene rings is 2. The van der Waals surface area contributed by atoms with Crippen LogP contribution < -0.4 is 5.32 Å². The summed E-state index contributed by atoms with van der Waals surface area (Å²) < 4.78 is 6.38. The molecule has 5 heteroatoms. The molecule has 3 rings (SSSR count). The quantitative estimate of drug-likeness (QED) is 0.854. The first-order chi connectivity index (χ1) is 11.7. The fourth-order valence-corrected chi connectivity index (χ4v) is 3.07. The smallest absolute Gasteiger partial charge is 0.251 e. The van der Waals surface area contributed by atoms with Crippen molar-refractivity contribution in [2.45, 2.75) is 6.04 Å². The van der Waals surface area contributed by atoms with Crippen molar-refractivity contribution in [3.63, 3.8) is 0 Å². The summed E-state index contributed by atoms with van der Waals surface area (Å²) in [5.41, 5.74) is 1.79. The molecule has 0 spiro atoms. The topological polar surface area (TPSA) is 41.6 Å². The summed E-state index contributed by atoms with van der Waals surface area (Å²) in [6.07, 6.45) is 0. The van der Waals surface area contributed by atoms with Gasteiger partial charge in [-0.3, -0.25) is 9.69 Å². The fraction of sp³-hybridized carbons (Fsp3) is 0.316. The molecule has 0 bridgehead atoms. The van der Waals surface area contributed by atoms with Crippen LogP contribution in [-0.2, 0) is 4.74 Å². The molecule has 1 aliphatic rings. The maximum Gasteiger partial charge on any atom is 0.251 e. The molecule has 24 heavy (non-hydrogen) atoms. The van der Waals surface area contributed by atoms with E-state index in [-0.39, 0.29) is 11.9 Å². The third-order valence-corrected chi connectivity index (χ3v) is 4.69. The Morgan fingerprint density at radius 1 is 1.08 bits per heavy atom. The third-order valence-electron chi connectivity index (χ3n) is 4.16. The minimum absolute atomic E-state index is 0.0413. The van der Waals surface area contributed by atoms with E-state index in [0.29, 0.717) is 5.56 Å². The predicted molar refractivity (Wildman–Crippen MR) is 98.1 cm³/mol. The molecule has 0 radical (unpaired) electrons. The number of morpholine rings is 1. The monoisotopic (exact) mass is 388 g/mol. The number of rotatable bonds is 5. The van der Waals surface area contributed by atoms with Crippen molar-refractivity contribution in [3.05, 3.63) is 70.2 Å². The molecular formula is C19H21BrN2O2. The SMILES string of the molecule is O=C(NC(CN1CCOCC1)c1ccccc1)c1ccc(Br)cc1. The van der Waals surface area contributed by atoms with Crippen molar-refractivity contribution < 1.29 is 9.53 Å². The summed E-state index contributed by atoms with van der Waals surface area (Å²) in [7, 11) is 0. The first-order valence-corrected chi connectivity index (χ1v) is 8.93. The van der Waals surface area contributed by atoms with Gasteiger partial charge in [-0.05, 0) is 29.8 Å². The Morgan fingerprint density at radius 2 is 1.75 bits per heavy atom. The number of hydrogen-bond donors (Lipinski definition) is 1. The van der Waals surface area contributed by atoms with Gasteiger partial charge in [-0.2, -0.15) is 0 Å². The number of nitrogens with one attached hydrogen (secondary N) is 1. The first-order valence-electron chi connectivity index (χ1n) is 8.14. The van der Waals surface area contributed by atoms with Crippen molar-refractivity contribution in [2.75, 3.05) is 32.8 Å². The van der Waals surface area contributed by atoms with Crippen LogP contribution in [0.15, 0.2) is 59.1 Å². The van der Waals surface area contributed by atoms with E-state index in [1.165, 1.54) is 0 Å². The molecule has 1 unspecified atom stereocenters. The zero-order chi connectivity index (χ0) is 16.8. The molecule has 0 aromatic heterocycles. The van der Waals surface area contributed by atoms with Crippen molar-refractivity contribution >= 4 is 21.8 Å². The molecule has 4 nitrogen and oxygen atoms in total. The van der Waals surface area contributed by atoms with Crippen LogP contribution in [0.25, 0.3) is 0 Å². The lowest BCUT2D eigenvalue weighted by Crippen LogP contribution is -2.43. The molecule has 2 aromatic carbocycles. The number of halogens is 1. The number of nitrogens with zero attached hydrogens (tertiary/aromatic N) is 1. The zero-order valence-corrected chi connectivity index (χ0v) is 15.0. The second kappa shape index (κ2) is 8.42. The highest BCUT2D eigenvalue weighted by Gasteiger charge is 2.20. The van der Waals surface area contributed by atoms with Crippen LogP contribution in [0.3, 0.4) is 0 Å². The summed E-state index contributed by atoms with van der Waals surface area (Å²) >= 11 is 3.40. The fourth-order valence-electron chi connectivity index (χ4n) is 2.80. The van der Waals surface area contributed by atoms with Gasteiger partial charge in [0.2, 0.25) is 0 Å². The van der Waals surface area contributed by atoms with Crippen LogP contribution in [0.2, 0.25) is 0 Å². The van der Waals surface area contributed by atoms with E-state index in [0.717, 1.165) is 42.9 Å². The van der Waals surface area contributed by atoms with Gasteiger partial charge < -0.3 is 10.1 Å². The molecule has 1 heterocycles. The lowest BCUT2D eigenvalue weighted by atomic mass is 10.1. The van der Waals surface area contributed by atoms with Gasteiger partial charge >= 0.3 is 0 Å². The van der Waals surface area contributed by atoms with E-state index in [1.54, 1.807) is 0 Å². The number of ether oxygens (including phenoxy) is 1. The molecule has 1 N–H and O–H groups in total. The Labute approximate surface area is 150 Å².